The standard InChI is InChI=1S/C25H26N2O5S/c1-30-19-8-6-18(7-9-19)16-22-24(29)27(20-4-2-3-5-21(20)33-22)17-23(28)26-12-10-25(11-13-26)31-14-15-32-25/h2-9,16H,10-15,17H2,1H3. The number of carbonyl (C=O) groups is 2. The Bertz CT molecular complexity index is 1070. The van der Waals surface area contributed by atoms with Crippen LogP contribution in [-0.2, 0) is 19.1 Å². The van der Waals surface area contributed by atoms with Crippen molar-refractivity contribution in [3.05, 3.63) is 59.0 Å². The molecule has 0 radical (unpaired) electrons. The summed E-state index contributed by atoms with van der Waals surface area (Å²) in [5.41, 5.74) is 1.67. The molecule has 2 aromatic rings. The Morgan fingerprint density at radius 3 is 2.48 bits per heavy atom. The van der Waals surface area contributed by atoms with E-state index in [0.717, 1.165) is 21.9 Å². The fraction of sp³-hybridized carbons (Fsp3) is 0.360. The fourth-order valence-corrected chi connectivity index (χ4v) is 5.45. The topological polar surface area (TPSA) is 68.3 Å². The molecule has 5 rings (SSSR count). The summed E-state index contributed by atoms with van der Waals surface area (Å²) < 4.78 is 16.7. The van der Waals surface area contributed by atoms with Crippen molar-refractivity contribution in [1.29, 1.82) is 0 Å². The summed E-state index contributed by atoms with van der Waals surface area (Å²) in [4.78, 5) is 31.5. The van der Waals surface area contributed by atoms with Gasteiger partial charge in [0, 0.05) is 30.8 Å². The highest BCUT2D eigenvalue weighted by molar-refractivity contribution is 8.04. The van der Waals surface area contributed by atoms with Crippen LogP contribution in [0, 0.1) is 0 Å². The first kappa shape index (κ1) is 22.0. The van der Waals surface area contributed by atoms with E-state index in [0.29, 0.717) is 44.1 Å². The van der Waals surface area contributed by atoms with E-state index in [-0.39, 0.29) is 18.4 Å². The molecule has 0 N–H and O–H groups in total. The van der Waals surface area contributed by atoms with Crippen molar-refractivity contribution in [3.8, 4) is 5.75 Å². The Balaban J connectivity index is 1.35. The molecule has 0 bridgehead atoms. The Morgan fingerprint density at radius 1 is 1.09 bits per heavy atom. The highest BCUT2D eigenvalue weighted by Crippen LogP contribution is 2.42. The van der Waals surface area contributed by atoms with Crippen molar-refractivity contribution in [1.82, 2.24) is 4.90 Å². The van der Waals surface area contributed by atoms with Crippen molar-refractivity contribution in [2.45, 2.75) is 23.5 Å². The number of piperidine rings is 1. The van der Waals surface area contributed by atoms with Crippen LogP contribution in [0.3, 0.4) is 0 Å². The van der Waals surface area contributed by atoms with Crippen LogP contribution in [0.15, 0.2) is 58.3 Å². The van der Waals surface area contributed by atoms with Gasteiger partial charge in [0.1, 0.15) is 12.3 Å². The van der Waals surface area contributed by atoms with Gasteiger partial charge in [-0.3, -0.25) is 14.5 Å². The molecular weight excluding hydrogens is 440 g/mol. The summed E-state index contributed by atoms with van der Waals surface area (Å²) in [5.74, 6) is -0.00976. The third-order valence-corrected chi connectivity index (χ3v) is 7.31. The highest BCUT2D eigenvalue weighted by atomic mass is 32.2. The van der Waals surface area contributed by atoms with Gasteiger partial charge in [0.25, 0.3) is 5.91 Å². The van der Waals surface area contributed by atoms with Crippen LogP contribution < -0.4 is 9.64 Å². The number of anilines is 1. The Kier molecular flexibility index (Phi) is 6.14. The minimum Gasteiger partial charge on any atom is -0.497 e. The lowest BCUT2D eigenvalue weighted by atomic mass is 10.0. The lowest BCUT2D eigenvalue weighted by Gasteiger charge is -2.38. The number of nitrogens with zero attached hydrogens (tertiary/aromatic N) is 2. The van der Waals surface area contributed by atoms with Crippen molar-refractivity contribution in [3.63, 3.8) is 0 Å². The van der Waals surface area contributed by atoms with Crippen molar-refractivity contribution < 1.29 is 23.8 Å². The third-order valence-electron chi connectivity index (χ3n) is 6.23. The van der Waals surface area contributed by atoms with Crippen LogP contribution in [0.2, 0.25) is 0 Å². The summed E-state index contributed by atoms with van der Waals surface area (Å²) in [6.45, 7) is 2.34. The molecule has 3 heterocycles. The third kappa shape index (κ3) is 4.51. The number of thioether (sulfide) groups is 1. The molecule has 3 aliphatic heterocycles. The number of amides is 2. The average Bonchev–Trinajstić information content (AvgIpc) is 3.30. The molecule has 1 spiro atoms. The lowest BCUT2D eigenvalue weighted by Crippen LogP contribution is -2.51. The van der Waals surface area contributed by atoms with Gasteiger partial charge in [-0.05, 0) is 35.9 Å². The number of para-hydroxylation sites is 1. The smallest absolute Gasteiger partial charge is 0.265 e. The predicted octanol–water partition coefficient (Wildman–Crippen LogP) is 3.54. The van der Waals surface area contributed by atoms with Gasteiger partial charge in [0.2, 0.25) is 5.91 Å². The summed E-state index contributed by atoms with van der Waals surface area (Å²) >= 11 is 1.43. The van der Waals surface area contributed by atoms with E-state index in [1.54, 1.807) is 16.9 Å². The van der Waals surface area contributed by atoms with Gasteiger partial charge in [-0.15, -0.1) is 0 Å². The summed E-state index contributed by atoms with van der Waals surface area (Å²) in [5, 5.41) is 0. The number of ether oxygens (including phenoxy) is 3. The van der Waals surface area contributed by atoms with Gasteiger partial charge >= 0.3 is 0 Å². The van der Waals surface area contributed by atoms with Gasteiger partial charge in [0.15, 0.2) is 5.79 Å². The molecule has 2 fully saturated rings. The SMILES string of the molecule is COc1ccc(C=C2Sc3ccccc3N(CC(=O)N3CCC4(CC3)OCCO4)C2=O)cc1. The van der Waals surface area contributed by atoms with E-state index in [1.165, 1.54) is 11.8 Å². The van der Waals surface area contributed by atoms with Gasteiger partial charge in [0.05, 0.1) is 30.9 Å². The van der Waals surface area contributed by atoms with E-state index in [1.807, 2.05) is 54.6 Å². The first-order valence-electron chi connectivity index (χ1n) is 11.1. The number of rotatable bonds is 4. The van der Waals surface area contributed by atoms with E-state index < -0.39 is 5.79 Å². The molecular formula is C25H26N2O5S. The van der Waals surface area contributed by atoms with E-state index in [2.05, 4.69) is 0 Å². The molecule has 0 unspecified atom stereocenters. The number of benzene rings is 2. The maximum absolute atomic E-state index is 13.4. The number of hydrogen-bond donors (Lipinski definition) is 0. The number of hydrogen-bond acceptors (Lipinski definition) is 6. The van der Waals surface area contributed by atoms with Crippen LogP contribution in [0.1, 0.15) is 18.4 Å². The summed E-state index contributed by atoms with van der Waals surface area (Å²) in [6, 6.07) is 15.2. The summed E-state index contributed by atoms with van der Waals surface area (Å²) in [7, 11) is 1.62. The Morgan fingerprint density at radius 2 is 1.79 bits per heavy atom. The van der Waals surface area contributed by atoms with Gasteiger partial charge in [-0.1, -0.05) is 36.0 Å². The van der Waals surface area contributed by atoms with Crippen LogP contribution >= 0.6 is 11.8 Å². The molecule has 0 aromatic heterocycles. The van der Waals surface area contributed by atoms with Gasteiger partial charge in [-0.2, -0.15) is 0 Å². The lowest BCUT2D eigenvalue weighted by molar-refractivity contribution is -0.187. The van der Waals surface area contributed by atoms with Crippen LogP contribution in [0.4, 0.5) is 5.69 Å². The fourth-order valence-electron chi connectivity index (χ4n) is 4.39. The second kappa shape index (κ2) is 9.21. The minimum absolute atomic E-state index is 0.00503. The van der Waals surface area contributed by atoms with Crippen molar-refractivity contribution in [2.75, 3.05) is 44.9 Å². The largest absolute Gasteiger partial charge is 0.497 e. The van der Waals surface area contributed by atoms with E-state index >= 15 is 0 Å². The minimum atomic E-state index is -0.533. The first-order chi connectivity index (χ1) is 16.1. The molecule has 2 amide bonds. The molecule has 172 valence electrons. The van der Waals surface area contributed by atoms with Crippen LogP contribution in [0.5, 0.6) is 5.75 Å². The van der Waals surface area contributed by atoms with Crippen LogP contribution in [0.25, 0.3) is 6.08 Å². The number of carbonyl (C=O) groups excluding carboxylic acids is 2. The Labute approximate surface area is 197 Å². The number of likely N-dealkylation sites (tertiary alicyclic amines) is 1. The molecule has 2 aromatic carbocycles. The zero-order valence-electron chi connectivity index (χ0n) is 18.5. The second-order valence-electron chi connectivity index (χ2n) is 8.23. The Hall–Kier alpha value is -2.81. The van der Waals surface area contributed by atoms with E-state index in [4.69, 9.17) is 14.2 Å². The van der Waals surface area contributed by atoms with Gasteiger partial charge in [-0.25, -0.2) is 0 Å². The molecule has 0 atom stereocenters. The zero-order chi connectivity index (χ0) is 22.8. The average molecular weight is 467 g/mol. The summed E-state index contributed by atoms with van der Waals surface area (Å²) in [6.07, 6.45) is 3.17. The van der Waals surface area contributed by atoms with Gasteiger partial charge < -0.3 is 19.1 Å². The highest BCUT2D eigenvalue weighted by Gasteiger charge is 2.41. The van der Waals surface area contributed by atoms with E-state index in [9.17, 15) is 9.59 Å². The molecule has 8 heteroatoms. The number of fused-ring (bicyclic) bond motifs is 1. The predicted molar refractivity (Wildman–Crippen MR) is 126 cm³/mol. The molecule has 0 aliphatic carbocycles. The van der Waals surface area contributed by atoms with Crippen LogP contribution in [-0.4, -0.2) is 62.5 Å². The first-order valence-corrected chi connectivity index (χ1v) is 11.9. The molecule has 33 heavy (non-hydrogen) atoms. The second-order valence-corrected chi connectivity index (χ2v) is 9.32. The monoisotopic (exact) mass is 466 g/mol. The molecule has 0 saturated carbocycles. The molecule has 7 nitrogen and oxygen atoms in total. The maximum Gasteiger partial charge on any atom is 0.265 e. The maximum atomic E-state index is 13.4. The molecule has 2 saturated heterocycles. The zero-order valence-corrected chi connectivity index (χ0v) is 19.3. The number of methoxy groups -OCH3 is 1. The van der Waals surface area contributed by atoms with Crippen molar-refractivity contribution >= 4 is 35.3 Å². The normalized spacial score (nSPS) is 20.9. The van der Waals surface area contributed by atoms with Crippen molar-refractivity contribution in [2.24, 2.45) is 0 Å². The quantitative estimate of drug-likeness (QED) is 0.642. The molecule has 3 aliphatic rings.